The van der Waals surface area contributed by atoms with Gasteiger partial charge in [0.25, 0.3) is 0 Å². The van der Waals surface area contributed by atoms with Gasteiger partial charge in [-0.15, -0.1) is 0 Å². The van der Waals surface area contributed by atoms with E-state index in [9.17, 15) is 0 Å². The summed E-state index contributed by atoms with van der Waals surface area (Å²) in [7, 11) is 0. The Labute approximate surface area is 201 Å². The van der Waals surface area contributed by atoms with E-state index in [0.29, 0.717) is 17.4 Å². The van der Waals surface area contributed by atoms with Crippen molar-refractivity contribution in [3.05, 3.63) is 114 Å². The number of hydrogen-bond donors (Lipinski definition) is 2. The minimum atomic E-state index is -0.0518. The lowest BCUT2D eigenvalue weighted by Gasteiger charge is -2.34. The number of benzene rings is 3. The maximum atomic E-state index is 6.65. The smallest absolute Gasteiger partial charge is 0.157 e. The van der Waals surface area contributed by atoms with Crippen LogP contribution in [0.15, 0.2) is 97.3 Å². The van der Waals surface area contributed by atoms with E-state index in [1.54, 1.807) is 6.33 Å². The predicted molar refractivity (Wildman–Crippen MR) is 140 cm³/mol. The summed E-state index contributed by atoms with van der Waals surface area (Å²) in [6.07, 6.45) is 5.03. The Hall–Kier alpha value is -3.86. The van der Waals surface area contributed by atoms with Crippen LogP contribution in [0.5, 0.6) is 0 Å². The number of nitrogens with one attached hydrogen (secondary N) is 1. The zero-order valence-electron chi connectivity index (χ0n) is 19.3. The average Bonchev–Trinajstić information content (AvgIpc) is 2.90. The van der Waals surface area contributed by atoms with Gasteiger partial charge in [0.1, 0.15) is 12.0 Å². The molecule has 0 bridgehead atoms. The monoisotopic (exact) mass is 449 g/mol. The third-order valence-corrected chi connectivity index (χ3v) is 6.69. The van der Waals surface area contributed by atoms with Crippen molar-refractivity contribution >= 4 is 17.3 Å². The molecule has 5 heteroatoms. The number of hydrogen-bond acceptors (Lipinski definition) is 5. The second-order valence-corrected chi connectivity index (χ2v) is 8.98. The van der Waals surface area contributed by atoms with Crippen LogP contribution in [0.4, 0.5) is 17.3 Å². The highest BCUT2D eigenvalue weighted by Gasteiger charge is 2.24. The van der Waals surface area contributed by atoms with E-state index in [2.05, 4.69) is 99.0 Å². The van der Waals surface area contributed by atoms with Gasteiger partial charge >= 0.3 is 0 Å². The van der Waals surface area contributed by atoms with Crippen LogP contribution in [-0.2, 0) is 6.42 Å². The highest BCUT2D eigenvalue weighted by molar-refractivity contribution is 5.75. The Morgan fingerprint density at radius 2 is 1.35 bits per heavy atom. The molecule has 172 valence electrons. The lowest BCUT2D eigenvalue weighted by atomic mass is 9.90. The third kappa shape index (κ3) is 5.04. The normalized spacial score (nSPS) is 14.3. The first kappa shape index (κ1) is 22.0. The first-order valence-electron chi connectivity index (χ1n) is 12.0. The largest absolute Gasteiger partial charge is 0.393 e. The molecule has 0 saturated carbocycles. The van der Waals surface area contributed by atoms with Gasteiger partial charge in [-0.25, -0.2) is 9.97 Å². The van der Waals surface area contributed by atoms with Crippen LogP contribution in [0.25, 0.3) is 0 Å². The molecule has 0 amide bonds. The molecular weight excluding hydrogens is 418 g/mol. The van der Waals surface area contributed by atoms with Crippen molar-refractivity contribution in [1.29, 1.82) is 0 Å². The van der Waals surface area contributed by atoms with Crippen LogP contribution < -0.4 is 16.0 Å². The van der Waals surface area contributed by atoms with E-state index < -0.39 is 0 Å². The second-order valence-electron chi connectivity index (χ2n) is 8.98. The summed E-state index contributed by atoms with van der Waals surface area (Å²) in [6, 6.07) is 31.5. The number of piperidine rings is 1. The summed E-state index contributed by atoms with van der Waals surface area (Å²) >= 11 is 0. The molecule has 1 aliphatic heterocycles. The number of rotatable bonds is 7. The van der Waals surface area contributed by atoms with E-state index in [4.69, 9.17) is 5.73 Å². The summed E-state index contributed by atoms with van der Waals surface area (Å²) in [5.74, 6) is 2.20. The summed E-state index contributed by atoms with van der Waals surface area (Å²) in [4.78, 5) is 11.4. The van der Waals surface area contributed by atoms with Gasteiger partial charge in [-0.05, 0) is 41.9 Å². The van der Waals surface area contributed by atoms with Gasteiger partial charge in [0.2, 0.25) is 0 Å². The van der Waals surface area contributed by atoms with Crippen LogP contribution in [0.2, 0.25) is 0 Å². The highest BCUT2D eigenvalue weighted by atomic mass is 15.2. The summed E-state index contributed by atoms with van der Waals surface area (Å²) in [5, 5.41) is 3.60. The fraction of sp³-hybridized carbons (Fsp3) is 0.241. The first-order valence-corrected chi connectivity index (χ1v) is 12.0. The number of nitrogens with two attached hydrogens (primary N) is 1. The Balaban J connectivity index is 1.32. The van der Waals surface area contributed by atoms with Crippen molar-refractivity contribution in [2.24, 2.45) is 5.92 Å². The van der Waals surface area contributed by atoms with Crippen LogP contribution in [0.3, 0.4) is 0 Å². The topological polar surface area (TPSA) is 67.1 Å². The van der Waals surface area contributed by atoms with E-state index in [-0.39, 0.29) is 6.04 Å². The predicted octanol–water partition coefficient (Wildman–Crippen LogP) is 5.72. The van der Waals surface area contributed by atoms with Gasteiger partial charge in [-0.3, -0.25) is 0 Å². The molecular formula is C29H31N5. The van der Waals surface area contributed by atoms with Crippen LogP contribution in [-0.4, -0.2) is 23.1 Å². The summed E-state index contributed by atoms with van der Waals surface area (Å²) < 4.78 is 0. The van der Waals surface area contributed by atoms with Gasteiger partial charge in [-0.2, -0.15) is 0 Å². The lowest BCUT2D eigenvalue weighted by Crippen LogP contribution is -2.35. The van der Waals surface area contributed by atoms with E-state index in [0.717, 1.165) is 49.3 Å². The number of anilines is 3. The van der Waals surface area contributed by atoms with Gasteiger partial charge in [0.15, 0.2) is 11.6 Å². The molecule has 1 fully saturated rings. The molecule has 1 aliphatic rings. The van der Waals surface area contributed by atoms with Crippen molar-refractivity contribution in [1.82, 2.24) is 9.97 Å². The highest BCUT2D eigenvalue weighted by Crippen LogP contribution is 2.34. The molecule has 1 saturated heterocycles. The van der Waals surface area contributed by atoms with Crippen LogP contribution in [0, 0.1) is 5.92 Å². The fourth-order valence-electron chi connectivity index (χ4n) is 4.84. The quantitative estimate of drug-likeness (QED) is 0.378. The molecule has 2 heterocycles. The SMILES string of the molecule is Nc1c(NC(c2ccccc2)c2ccccc2)ncnc1N1CCC(Cc2ccccc2)CC1. The standard InChI is InChI=1S/C29H31N5/c30-26-28(33-27(24-12-6-2-7-13-24)25-14-8-3-9-15-25)31-21-32-29(26)34-18-16-23(17-19-34)20-22-10-4-1-5-11-22/h1-15,21,23,27H,16-20,30H2,(H,31,32,33). The van der Waals surface area contributed by atoms with Crippen molar-refractivity contribution in [2.45, 2.75) is 25.3 Å². The molecule has 3 aromatic carbocycles. The van der Waals surface area contributed by atoms with Gasteiger partial charge in [-0.1, -0.05) is 91.0 Å². The zero-order chi connectivity index (χ0) is 23.2. The molecule has 34 heavy (non-hydrogen) atoms. The minimum Gasteiger partial charge on any atom is -0.393 e. The molecule has 0 spiro atoms. The molecule has 1 aromatic heterocycles. The van der Waals surface area contributed by atoms with E-state index in [1.165, 1.54) is 5.56 Å². The van der Waals surface area contributed by atoms with Gasteiger partial charge in [0.05, 0.1) is 6.04 Å². The molecule has 3 N–H and O–H groups in total. The maximum Gasteiger partial charge on any atom is 0.157 e. The maximum absolute atomic E-state index is 6.65. The molecule has 4 aromatic rings. The number of nitrogens with zero attached hydrogens (tertiary/aromatic N) is 3. The lowest BCUT2D eigenvalue weighted by molar-refractivity contribution is 0.402. The van der Waals surface area contributed by atoms with Crippen molar-refractivity contribution in [3.8, 4) is 0 Å². The average molecular weight is 450 g/mol. The number of nitrogen functional groups attached to an aromatic ring is 1. The van der Waals surface area contributed by atoms with Gasteiger partial charge < -0.3 is 16.0 Å². The molecule has 0 unspecified atom stereocenters. The Kier molecular flexibility index (Phi) is 6.71. The molecule has 0 atom stereocenters. The Morgan fingerprint density at radius 1 is 0.794 bits per heavy atom. The number of aromatic nitrogens is 2. The van der Waals surface area contributed by atoms with Crippen LogP contribution >= 0.6 is 0 Å². The molecule has 0 aliphatic carbocycles. The molecule has 5 nitrogen and oxygen atoms in total. The van der Waals surface area contributed by atoms with E-state index >= 15 is 0 Å². The first-order chi connectivity index (χ1) is 16.8. The van der Waals surface area contributed by atoms with Crippen molar-refractivity contribution < 1.29 is 0 Å². The van der Waals surface area contributed by atoms with Crippen molar-refractivity contribution in [2.75, 3.05) is 29.0 Å². The zero-order valence-corrected chi connectivity index (χ0v) is 19.3. The van der Waals surface area contributed by atoms with Crippen LogP contribution in [0.1, 0.15) is 35.6 Å². The summed E-state index contributed by atoms with van der Waals surface area (Å²) in [6.45, 7) is 1.91. The van der Waals surface area contributed by atoms with E-state index in [1.807, 2.05) is 12.1 Å². The molecule has 5 rings (SSSR count). The van der Waals surface area contributed by atoms with Crippen molar-refractivity contribution in [3.63, 3.8) is 0 Å². The summed E-state index contributed by atoms with van der Waals surface area (Å²) in [5.41, 5.74) is 11.0. The second kappa shape index (κ2) is 10.4. The third-order valence-electron chi connectivity index (χ3n) is 6.69. The minimum absolute atomic E-state index is 0.0518. The molecule has 0 radical (unpaired) electrons. The van der Waals surface area contributed by atoms with Gasteiger partial charge in [0, 0.05) is 13.1 Å². The fourth-order valence-corrected chi connectivity index (χ4v) is 4.84. The Bertz CT molecular complexity index is 1130. The Morgan fingerprint density at radius 3 is 1.94 bits per heavy atom.